The minimum Gasteiger partial charge on any atom is -0.457 e. The number of carbonyl (C=O) groups is 1. The maximum atomic E-state index is 12.1. The zero-order valence-corrected chi connectivity index (χ0v) is 12.9. The Hall–Kier alpha value is -2.03. The van der Waals surface area contributed by atoms with E-state index >= 15 is 0 Å². The fourth-order valence-electron chi connectivity index (χ4n) is 1.94. The standard InChI is InChI=1S/C16H12NO2PS/c18-16(19-9-11-4-2-1-3-5-11)12-6-7-13-14(8-12)21-15(10-20)17-13/h1-8,10,20H,9H2. The first kappa shape index (κ1) is 13.9. The van der Waals surface area contributed by atoms with Crippen molar-refractivity contribution in [2.75, 3.05) is 0 Å². The molecule has 0 amide bonds. The van der Waals surface area contributed by atoms with E-state index in [0.717, 1.165) is 20.8 Å². The molecule has 5 heteroatoms. The molecule has 0 unspecified atom stereocenters. The number of hydrogen-bond donors (Lipinski definition) is 0. The van der Waals surface area contributed by atoms with Crippen LogP contribution in [0.3, 0.4) is 0 Å². The van der Waals surface area contributed by atoms with Gasteiger partial charge in [0.05, 0.1) is 15.8 Å². The molecule has 1 heterocycles. The molecule has 0 bridgehead atoms. The molecule has 0 saturated carbocycles. The highest BCUT2D eigenvalue weighted by Crippen LogP contribution is 2.23. The Labute approximate surface area is 128 Å². The summed E-state index contributed by atoms with van der Waals surface area (Å²) in [7, 11) is 3.31. The predicted octanol–water partition coefficient (Wildman–Crippen LogP) is 3.95. The molecule has 21 heavy (non-hydrogen) atoms. The summed E-state index contributed by atoms with van der Waals surface area (Å²) in [5, 5.41) is 0.872. The highest BCUT2D eigenvalue weighted by atomic mass is 32.1. The molecule has 2 aromatic carbocycles. The first-order valence-electron chi connectivity index (χ1n) is 6.38. The second-order valence-electron chi connectivity index (χ2n) is 4.44. The molecule has 0 fully saturated rings. The van der Waals surface area contributed by atoms with Gasteiger partial charge in [-0.05, 0) is 29.6 Å². The molecular weight excluding hydrogens is 301 g/mol. The maximum Gasteiger partial charge on any atom is 0.338 e. The average molecular weight is 313 g/mol. The molecule has 3 aromatic rings. The SMILES string of the molecule is O=C(OCc1ccccc1)c1ccc2nc(C=P)sc2c1. The smallest absolute Gasteiger partial charge is 0.338 e. The number of rotatable bonds is 4. The Balaban J connectivity index is 1.76. The van der Waals surface area contributed by atoms with Crippen molar-refractivity contribution in [2.24, 2.45) is 0 Å². The summed E-state index contributed by atoms with van der Waals surface area (Å²) < 4.78 is 6.29. The Kier molecular flexibility index (Phi) is 4.09. The van der Waals surface area contributed by atoms with Crippen LogP contribution in [0.2, 0.25) is 0 Å². The zero-order chi connectivity index (χ0) is 14.7. The molecule has 0 radical (unpaired) electrons. The van der Waals surface area contributed by atoms with E-state index in [1.165, 1.54) is 11.3 Å². The summed E-state index contributed by atoms with van der Waals surface area (Å²) in [6.45, 7) is 0.278. The lowest BCUT2D eigenvalue weighted by Crippen LogP contribution is -2.04. The van der Waals surface area contributed by atoms with Gasteiger partial charge in [0.15, 0.2) is 0 Å². The van der Waals surface area contributed by atoms with Gasteiger partial charge in [0.2, 0.25) is 0 Å². The van der Waals surface area contributed by atoms with Gasteiger partial charge in [-0.3, -0.25) is 0 Å². The highest BCUT2D eigenvalue weighted by molar-refractivity contribution is 7.26. The number of ether oxygens (including phenoxy) is 1. The van der Waals surface area contributed by atoms with E-state index in [1.807, 2.05) is 42.5 Å². The van der Waals surface area contributed by atoms with Crippen molar-refractivity contribution in [3.05, 3.63) is 64.7 Å². The van der Waals surface area contributed by atoms with Gasteiger partial charge < -0.3 is 4.74 Å². The van der Waals surface area contributed by atoms with Gasteiger partial charge in [0.1, 0.15) is 11.6 Å². The van der Waals surface area contributed by atoms with Gasteiger partial charge in [0, 0.05) is 0 Å². The average Bonchev–Trinajstić information content (AvgIpc) is 2.95. The van der Waals surface area contributed by atoms with Gasteiger partial charge >= 0.3 is 5.97 Å². The number of aromatic nitrogens is 1. The molecule has 3 nitrogen and oxygen atoms in total. The van der Waals surface area contributed by atoms with Crippen molar-refractivity contribution >= 4 is 42.2 Å². The summed E-state index contributed by atoms with van der Waals surface area (Å²) in [5.74, 6) is 1.44. The van der Waals surface area contributed by atoms with E-state index in [2.05, 4.69) is 13.8 Å². The van der Waals surface area contributed by atoms with E-state index in [0.29, 0.717) is 5.56 Å². The molecule has 0 atom stereocenters. The summed E-state index contributed by atoms with van der Waals surface area (Å²) in [4.78, 5) is 16.5. The van der Waals surface area contributed by atoms with E-state index in [-0.39, 0.29) is 12.6 Å². The van der Waals surface area contributed by atoms with Crippen LogP contribution in [0.25, 0.3) is 10.2 Å². The number of thiazole rings is 1. The van der Waals surface area contributed by atoms with Crippen LogP contribution in [0.1, 0.15) is 20.9 Å². The van der Waals surface area contributed by atoms with Gasteiger partial charge in [-0.1, -0.05) is 30.3 Å². The zero-order valence-electron chi connectivity index (χ0n) is 11.1. The van der Waals surface area contributed by atoms with Crippen LogP contribution in [0.15, 0.2) is 48.5 Å². The van der Waals surface area contributed by atoms with Crippen LogP contribution in [-0.4, -0.2) is 16.7 Å². The monoisotopic (exact) mass is 313 g/mol. The number of benzene rings is 2. The third-order valence-electron chi connectivity index (χ3n) is 2.98. The largest absolute Gasteiger partial charge is 0.457 e. The fraction of sp³-hybridized carbons (Fsp3) is 0.0625. The number of nitrogens with zero attached hydrogens (tertiary/aromatic N) is 1. The maximum absolute atomic E-state index is 12.1. The summed E-state index contributed by atoms with van der Waals surface area (Å²) in [6.07, 6.45) is 0. The Morgan fingerprint density at radius 3 is 2.81 bits per heavy atom. The second kappa shape index (κ2) is 6.17. The van der Waals surface area contributed by atoms with Gasteiger partial charge in [-0.2, -0.15) is 0 Å². The second-order valence-corrected chi connectivity index (χ2v) is 5.79. The normalized spacial score (nSPS) is 10.5. The fourth-order valence-corrected chi connectivity index (χ4v) is 3.01. The minimum absolute atomic E-state index is 0.278. The van der Waals surface area contributed by atoms with E-state index in [9.17, 15) is 4.79 Å². The first-order valence-corrected chi connectivity index (χ1v) is 7.78. The molecule has 0 aliphatic heterocycles. The van der Waals surface area contributed by atoms with Crippen molar-refractivity contribution in [2.45, 2.75) is 6.61 Å². The molecule has 0 N–H and O–H groups in total. The summed E-state index contributed by atoms with van der Waals surface area (Å²) in [5.41, 5.74) is 2.40. The van der Waals surface area contributed by atoms with Crippen molar-refractivity contribution in [1.29, 1.82) is 0 Å². The van der Waals surface area contributed by atoms with Gasteiger partial charge in [-0.15, -0.1) is 20.2 Å². The van der Waals surface area contributed by atoms with Crippen molar-refractivity contribution in [3.8, 4) is 0 Å². The summed E-state index contributed by atoms with van der Waals surface area (Å²) in [6, 6.07) is 15.0. The van der Waals surface area contributed by atoms with Crippen LogP contribution in [0, 0.1) is 0 Å². The lowest BCUT2D eigenvalue weighted by Gasteiger charge is -2.04. The molecule has 104 valence electrons. The van der Waals surface area contributed by atoms with Crippen molar-refractivity contribution in [1.82, 2.24) is 4.98 Å². The molecule has 3 rings (SSSR count). The van der Waals surface area contributed by atoms with E-state index < -0.39 is 0 Å². The Bertz CT molecular complexity index is 798. The highest BCUT2D eigenvalue weighted by Gasteiger charge is 2.10. The Morgan fingerprint density at radius 2 is 2.05 bits per heavy atom. The lowest BCUT2D eigenvalue weighted by atomic mass is 10.2. The number of hydrogen-bond acceptors (Lipinski definition) is 4. The van der Waals surface area contributed by atoms with Crippen LogP contribution in [-0.2, 0) is 11.3 Å². The summed E-state index contributed by atoms with van der Waals surface area (Å²) >= 11 is 1.52. The van der Waals surface area contributed by atoms with Crippen LogP contribution in [0.5, 0.6) is 0 Å². The number of fused-ring (bicyclic) bond motifs is 1. The Morgan fingerprint density at radius 1 is 1.24 bits per heavy atom. The van der Waals surface area contributed by atoms with Crippen LogP contribution >= 0.6 is 20.2 Å². The number of esters is 1. The lowest BCUT2D eigenvalue weighted by molar-refractivity contribution is 0.0473. The third-order valence-corrected chi connectivity index (χ3v) is 4.42. The van der Waals surface area contributed by atoms with Crippen LogP contribution in [0.4, 0.5) is 0 Å². The number of carbonyl (C=O) groups excluding carboxylic acids is 1. The molecule has 0 spiro atoms. The van der Waals surface area contributed by atoms with Crippen molar-refractivity contribution in [3.63, 3.8) is 0 Å². The molecule has 0 aliphatic carbocycles. The van der Waals surface area contributed by atoms with Gasteiger partial charge in [0.25, 0.3) is 0 Å². The van der Waals surface area contributed by atoms with Crippen LogP contribution < -0.4 is 0 Å². The van der Waals surface area contributed by atoms with E-state index in [4.69, 9.17) is 4.74 Å². The van der Waals surface area contributed by atoms with Gasteiger partial charge in [-0.25, -0.2) is 9.78 Å². The third kappa shape index (κ3) is 3.18. The van der Waals surface area contributed by atoms with E-state index in [1.54, 1.807) is 11.9 Å². The first-order chi connectivity index (χ1) is 10.3. The predicted molar refractivity (Wildman–Crippen MR) is 88.7 cm³/mol. The quantitative estimate of drug-likeness (QED) is 0.541. The molecule has 0 aliphatic rings. The molecule has 0 saturated heterocycles. The minimum atomic E-state index is -0.321. The molecule has 1 aromatic heterocycles. The van der Waals surface area contributed by atoms with Crippen molar-refractivity contribution < 1.29 is 9.53 Å². The topological polar surface area (TPSA) is 39.2 Å². The molecular formula is C16H12NO2PS.